The summed E-state index contributed by atoms with van der Waals surface area (Å²) >= 11 is 0. The number of aromatic nitrogens is 1. The molecule has 1 aromatic heterocycles. The number of nitrogens with two attached hydrogens (primary N) is 1. The summed E-state index contributed by atoms with van der Waals surface area (Å²) in [4.78, 5) is 15.7. The quantitative estimate of drug-likeness (QED) is 0.849. The van der Waals surface area contributed by atoms with E-state index in [1.165, 1.54) is 27.0 Å². The molecule has 0 bridgehead atoms. The zero-order valence-corrected chi connectivity index (χ0v) is 12.1. The third-order valence-electron chi connectivity index (χ3n) is 2.93. The number of hydrogen-bond acceptors (Lipinski definition) is 3. The molecule has 0 aromatic carbocycles. The number of alkyl halides is 1. The molecule has 1 heterocycles. The summed E-state index contributed by atoms with van der Waals surface area (Å²) in [5, 5.41) is 0. The number of halogens is 1. The highest BCUT2D eigenvalue weighted by Gasteiger charge is 2.21. The van der Waals surface area contributed by atoms with Crippen molar-refractivity contribution in [3.63, 3.8) is 0 Å². The molecule has 0 unspecified atom stereocenters. The first-order valence-electron chi connectivity index (χ1n) is 6.31. The van der Waals surface area contributed by atoms with E-state index in [9.17, 15) is 9.18 Å². The van der Waals surface area contributed by atoms with Crippen LogP contribution in [-0.2, 0) is 10.5 Å². The minimum absolute atomic E-state index is 0. The zero-order valence-electron chi connectivity index (χ0n) is 12.1. The monoisotopic (exact) mass is 266 g/mol. The molecule has 19 heavy (non-hydrogen) atoms. The van der Waals surface area contributed by atoms with Crippen LogP contribution >= 0.6 is 0 Å². The van der Waals surface area contributed by atoms with Crippen LogP contribution in [0.15, 0.2) is 23.9 Å². The third-order valence-corrected chi connectivity index (χ3v) is 2.93. The topological polar surface area (TPSA) is 56.0 Å². The van der Waals surface area contributed by atoms with Crippen LogP contribution in [0.4, 0.5) is 4.39 Å². The first-order valence-corrected chi connectivity index (χ1v) is 6.31. The van der Waals surface area contributed by atoms with Crippen molar-refractivity contribution in [1.82, 2.24) is 4.98 Å². The molecule has 4 heteroatoms. The van der Waals surface area contributed by atoms with Crippen LogP contribution in [0.5, 0.6) is 0 Å². The predicted octanol–water partition coefficient (Wildman–Crippen LogP) is 3.45. The van der Waals surface area contributed by atoms with Gasteiger partial charge in [0.15, 0.2) is 5.78 Å². The second-order valence-electron chi connectivity index (χ2n) is 5.44. The van der Waals surface area contributed by atoms with Crippen molar-refractivity contribution >= 4 is 11.5 Å². The van der Waals surface area contributed by atoms with Crippen molar-refractivity contribution in [2.75, 3.05) is 0 Å². The minimum atomic E-state index is -1.49. The smallest absolute Gasteiger partial charge is 0.158 e. The van der Waals surface area contributed by atoms with Crippen LogP contribution in [0.2, 0.25) is 0 Å². The zero-order chi connectivity index (χ0) is 14.8. The Labute approximate surface area is 115 Å². The average Bonchev–Trinajstić information content (AvgIpc) is 2.27. The number of hydrogen-bond donors (Lipinski definition) is 1. The number of carbonyl (C=O) groups is 1. The lowest BCUT2D eigenvalue weighted by Gasteiger charge is -2.15. The summed E-state index contributed by atoms with van der Waals surface area (Å²) in [6.45, 7) is 8.22. The molecule has 0 saturated carbocycles. The number of pyridine rings is 1. The van der Waals surface area contributed by atoms with E-state index in [1.807, 2.05) is 13.8 Å². The van der Waals surface area contributed by atoms with Crippen molar-refractivity contribution in [1.29, 1.82) is 0 Å². The fraction of sp³-hybridized carbons (Fsp3) is 0.467. The summed E-state index contributed by atoms with van der Waals surface area (Å²) < 4.78 is 13.7. The SMILES string of the molecule is CC(=O)/C(=C(\N)c1ccc(C(C)(C)F)nc1)C(C)C.[HH]. The molecular weight excluding hydrogens is 243 g/mol. The van der Waals surface area contributed by atoms with E-state index >= 15 is 0 Å². The fourth-order valence-electron chi connectivity index (χ4n) is 1.97. The number of ketones is 1. The number of allylic oxidation sites excluding steroid dienone is 1. The van der Waals surface area contributed by atoms with Crippen LogP contribution in [0.1, 0.15) is 47.3 Å². The number of rotatable bonds is 4. The molecule has 0 aliphatic rings. The molecule has 2 N–H and O–H groups in total. The van der Waals surface area contributed by atoms with Crippen molar-refractivity contribution in [3.8, 4) is 0 Å². The lowest BCUT2D eigenvalue weighted by Crippen LogP contribution is -2.14. The van der Waals surface area contributed by atoms with Gasteiger partial charge >= 0.3 is 0 Å². The summed E-state index contributed by atoms with van der Waals surface area (Å²) in [7, 11) is 0. The van der Waals surface area contributed by atoms with Gasteiger partial charge < -0.3 is 5.73 Å². The molecule has 0 aliphatic heterocycles. The summed E-state index contributed by atoms with van der Waals surface area (Å²) in [5.74, 6) is -0.0165. The van der Waals surface area contributed by atoms with Gasteiger partial charge in [-0.05, 0) is 38.8 Å². The summed E-state index contributed by atoms with van der Waals surface area (Å²) in [6.07, 6.45) is 1.51. The van der Waals surface area contributed by atoms with Crippen LogP contribution in [0.25, 0.3) is 5.70 Å². The largest absolute Gasteiger partial charge is 0.398 e. The van der Waals surface area contributed by atoms with E-state index in [2.05, 4.69) is 4.98 Å². The van der Waals surface area contributed by atoms with Gasteiger partial charge in [-0.1, -0.05) is 13.8 Å². The standard InChI is InChI=1S/C15H21FN2O.H2/c1-9(2)13(10(3)19)14(17)11-6-7-12(18-8-11)15(4,5)16;/h6-9H,17H2,1-5H3;1H/b14-13-;. The van der Waals surface area contributed by atoms with Crippen molar-refractivity contribution < 1.29 is 10.6 Å². The van der Waals surface area contributed by atoms with Crippen molar-refractivity contribution in [2.24, 2.45) is 11.7 Å². The molecule has 0 saturated heterocycles. The van der Waals surface area contributed by atoms with E-state index < -0.39 is 5.67 Å². The second kappa shape index (κ2) is 5.51. The number of nitrogens with zero attached hydrogens (tertiary/aromatic N) is 1. The molecule has 106 valence electrons. The van der Waals surface area contributed by atoms with E-state index in [0.29, 0.717) is 22.5 Å². The van der Waals surface area contributed by atoms with Gasteiger partial charge in [-0.25, -0.2) is 4.39 Å². The van der Waals surface area contributed by atoms with Crippen molar-refractivity contribution in [3.05, 3.63) is 35.2 Å². The summed E-state index contributed by atoms with van der Waals surface area (Å²) in [5.41, 5.74) is 6.52. The Bertz CT molecular complexity index is 502. The lowest BCUT2D eigenvalue weighted by atomic mass is 9.94. The van der Waals surface area contributed by atoms with Gasteiger partial charge in [0.05, 0.1) is 5.69 Å². The molecule has 0 fully saturated rings. The van der Waals surface area contributed by atoms with Crippen LogP contribution in [0.3, 0.4) is 0 Å². The predicted molar refractivity (Wildman–Crippen MR) is 77.1 cm³/mol. The van der Waals surface area contributed by atoms with Crippen LogP contribution < -0.4 is 5.73 Å². The molecule has 1 aromatic rings. The Balaban J connectivity index is 0.00000361. The van der Waals surface area contributed by atoms with Gasteiger partial charge in [-0.2, -0.15) is 0 Å². The van der Waals surface area contributed by atoms with Gasteiger partial charge in [-0.3, -0.25) is 9.78 Å². The van der Waals surface area contributed by atoms with Crippen LogP contribution in [-0.4, -0.2) is 10.8 Å². The highest BCUT2D eigenvalue weighted by Crippen LogP contribution is 2.25. The molecule has 3 nitrogen and oxygen atoms in total. The first kappa shape index (κ1) is 15.3. The Morgan fingerprint density at radius 3 is 2.32 bits per heavy atom. The van der Waals surface area contributed by atoms with Gasteiger partial charge in [-0.15, -0.1) is 0 Å². The van der Waals surface area contributed by atoms with E-state index in [-0.39, 0.29) is 13.1 Å². The third kappa shape index (κ3) is 3.63. The lowest BCUT2D eigenvalue weighted by molar-refractivity contribution is -0.113. The fourth-order valence-corrected chi connectivity index (χ4v) is 1.97. The van der Waals surface area contributed by atoms with Gasteiger partial charge in [0.2, 0.25) is 0 Å². The highest BCUT2D eigenvalue weighted by molar-refractivity contribution is 6.00. The minimum Gasteiger partial charge on any atom is -0.398 e. The molecular formula is C15H23FN2O. The Morgan fingerprint density at radius 1 is 1.42 bits per heavy atom. The number of carbonyl (C=O) groups excluding carboxylic acids is 1. The molecule has 0 radical (unpaired) electrons. The molecule has 0 atom stereocenters. The summed E-state index contributed by atoms with van der Waals surface area (Å²) in [6, 6.07) is 3.30. The van der Waals surface area contributed by atoms with E-state index in [4.69, 9.17) is 5.73 Å². The van der Waals surface area contributed by atoms with Crippen molar-refractivity contribution in [2.45, 2.75) is 40.3 Å². The molecule has 0 aliphatic carbocycles. The Hall–Kier alpha value is -1.71. The van der Waals surface area contributed by atoms with Gasteiger partial charge in [0, 0.05) is 24.5 Å². The maximum Gasteiger partial charge on any atom is 0.158 e. The molecule has 0 amide bonds. The molecule has 0 spiro atoms. The number of Topliss-reactive ketones (excluding diaryl/α,β-unsaturated/α-hetero) is 1. The maximum absolute atomic E-state index is 13.7. The van der Waals surface area contributed by atoms with Gasteiger partial charge in [0.1, 0.15) is 5.67 Å². The Morgan fingerprint density at radius 2 is 2.00 bits per heavy atom. The highest BCUT2D eigenvalue weighted by atomic mass is 19.1. The Kier molecular flexibility index (Phi) is 4.45. The van der Waals surface area contributed by atoms with E-state index in [0.717, 1.165) is 0 Å². The van der Waals surface area contributed by atoms with E-state index in [1.54, 1.807) is 12.1 Å². The van der Waals surface area contributed by atoms with Crippen LogP contribution in [0, 0.1) is 5.92 Å². The maximum atomic E-state index is 13.7. The first-order chi connectivity index (χ1) is 8.64. The second-order valence-corrected chi connectivity index (χ2v) is 5.44. The normalized spacial score (nSPS) is 13.4. The van der Waals surface area contributed by atoms with Gasteiger partial charge in [0.25, 0.3) is 0 Å². The molecule has 1 rings (SSSR count). The average molecular weight is 266 g/mol.